The van der Waals surface area contributed by atoms with Crippen LogP contribution in [0.15, 0.2) is 47.0 Å². The average Bonchev–Trinajstić information content (AvgIpc) is 2.97. The van der Waals surface area contributed by atoms with Crippen molar-refractivity contribution >= 4 is 29.3 Å². The topological polar surface area (TPSA) is 67.6 Å². The number of rotatable bonds is 4. The maximum atomic E-state index is 12.5. The first-order valence-electron chi connectivity index (χ1n) is 6.99. The summed E-state index contributed by atoms with van der Waals surface area (Å²) in [6.45, 7) is 2.97. The van der Waals surface area contributed by atoms with Gasteiger partial charge in [0.2, 0.25) is 5.91 Å². The highest BCUT2D eigenvalue weighted by Crippen LogP contribution is 2.24. The number of amides is 3. The van der Waals surface area contributed by atoms with E-state index in [-0.39, 0.29) is 24.2 Å². The molecule has 2 heterocycles. The van der Waals surface area contributed by atoms with Gasteiger partial charge in [-0.1, -0.05) is 18.5 Å². The Balaban J connectivity index is 0.00000192. The van der Waals surface area contributed by atoms with Crippen molar-refractivity contribution < 1.29 is 22.0 Å². The van der Waals surface area contributed by atoms with Gasteiger partial charge in [-0.3, -0.25) is 9.69 Å². The number of imidazole rings is 1. The monoisotopic (exact) mass is 353 g/mol. The minimum atomic E-state index is -0.560. The lowest BCUT2D eigenvalue weighted by molar-refractivity contribution is -0.129. The molecule has 8 heteroatoms. The molecule has 0 radical (unpaired) electrons. The Hall–Kier alpha value is -1.92. The van der Waals surface area contributed by atoms with E-state index in [2.05, 4.69) is 9.98 Å². The van der Waals surface area contributed by atoms with Gasteiger partial charge in [-0.25, -0.2) is 9.78 Å². The number of hydrogen-bond acceptors (Lipinski definition) is 3. The zero-order valence-electron chi connectivity index (χ0n) is 12.4. The van der Waals surface area contributed by atoms with Crippen molar-refractivity contribution in [2.45, 2.75) is 13.5 Å². The Morgan fingerprint density at radius 1 is 1.30 bits per heavy atom. The predicted octanol–water partition coefficient (Wildman–Crippen LogP) is -0.765. The van der Waals surface area contributed by atoms with Crippen molar-refractivity contribution in [3.8, 4) is 0 Å². The molecule has 1 aliphatic heterocycles. The number of fused-ring (bicyclic) bond motifs is 1. The van der Waals surface area contributed by atoms with Crippen LogP contribution < -0.4 is 12.4 Å². The Kier molecular flexibility index (Phi) is 5.38. The summed E-state index contributed by atoms with van der Waals surface area (Å²) in [4.78, 5) is 33.8. The van der Waals surface area contributed by atoms with Crippen molar-refractivity contribution in [1.82, 2.24) is 14.5 Å². The minimum absolute atomic E-state index is 0. The number of imide groups is 1. The first-order chi connectivity index (χ1) is 10.5. The van der Waals surface area contributed by atoms with Crippen LogP contribution in [0.5, 0.6) is 0 Å². The van der Waals surface area contributed by atoms with Gasteiger partial charge >= 0.3 is 6.03 Å². The Morgan fingerprint density at radius 3 is 2.78 bits per heavy atom. The van der Waals surface area contributed by atoms with Gasteiger partial charge in [-0.15, -0.1) is 0 Å². The van der Waals surface area contributed by atoms with Crippen LogP contribution >= 0.6 is 11.6 Å². The maximum Gasteiger partial charge on any atom is 0.350 e. The molecule has 0 saturated heterocycles. The summed E-state index contributed by atoms with van der Waals surface area (Å²) in [5.74, 6) is -0.733. The quantitative estimate of drug-likeness (QED) is 0.714. The zero-order valence-corrected chi connectivity index (χ0v) is 13.9. The maximum absolute atomic E-state index is 12.5. The minimum Gasteiger partial charge on any atom is -1.00 e. The molecule has 0 spiro atoms. The van der Waals surface area contributed by atoms with Crippen molar-refractivity contribution in [3.63, 3.8) is 0 Å². The van der Waals surface area contributed by atoms with Gasteiger partial charge in [0.15, 0.2) is 0 Å². The number of aliphatic imine (C=N–C) groups is 1. The normalized spacial score (nSPS) is 21.3. The summed E-state index contributed by atoms with van der Waals surface area (Å²) in [6, 6.07) is -0.509. The third-order valence-corrected chi connectivity index (χ3v) is 3.87. The second-order valence-corrected chi connectivity index (χ2v) is 5.93. The number of nitrogens with zero attached hydrogens (tertiary/aromatic N) is 4. The predicted molar refractivity (Wildman–Crippen MR) is 82.5 cm³/mol. The van der Waals surface area contributed by atoms with Crippen molar-refractivity contribution in [3.05, 3.63) is 42.0 Å². The number of carbonyl (C=O) groups is 2. The van der Waals surface area contributed by atoms with Gasteiger partial charge in [0, 0.05) is 30.5 Å². The highest BCUT2D eigenvalue weighted by Gasteiger charge is 2.36. The first-order valence-corrected chi connectivity index (χ1v) is 7.37. The van der Waals surface area contributed by atoms with Crippen LogP contribution in [0.1, 0.15) is 6.92 Å². The van der Waals surface area contributed by atoms with E-state index in [0.717, 1.165) is 0 Å². The van der Waals surface area contributed by atoms with Gasteiger partial charge < -0.3 is 17.0 Å². The molecule has 0 saturated carbocycles. The molecule has 2 unspecified atom stereocenters. The number of allylic oxidation sites excluding steroid dienone is 3. The van der Waals surface area contributed by atoms with E-state index >= 15 is 0 Å². The first kappa shape index (κ1) is 17.4. The lowest BCUT2D eigenvalue weighted by Gasteiger charge is -2.30. The largest absolute Gasteiger partial charge is 1.00 e. The molecule has 1 aromatic rings. The highest BCUT2D eigenvalue weighted by atomic mass is 35.5. The third-order valence-electron chi connectivity index (χ3n) is 3.62. The van der Waals surface area contributed by atoms with Crippen LogP contribution in [-0.2, 0) is 11.3 Å². The Morgan fingerprint density at radius 2 is 2.09 bits per heavy atom. The molecule has 3 amide bonds. The lowest BCUT2D eigenvalue weighted by atomic mass is 9.95. The molecule has 0 aromatic carbocycles. The third kappa shape index (κ3) is 3.71. The number of urea groups is 1. The van der Waals surface area contributed by atoms with E-state index in [1.165, 1.54) is 4.90 Å². The lowest BCUT2D eigenvalue weighted by Crippen LogP contribution is -3.00. The van der Waals surface area contributed by atoms with Crippen LogP contribution in [0.4, 0.5) is 4.79 Å². The van der Waals surface area contributed by atoms with Gasteiger partial charge in [0.05, 0.1) is 12.0 Å². The fourth-order valence-corrected chi connectivity index (χ4v) is 2.79. The van der Waals surface area contributed by atoms with Gasteiger partial charge in [-0.05, 0) is 24.1 Å². The van der Waals surface area contributed by atoms with Crippen LogP contribution in [0.25, 0.3) is 0 Å². The van der Waals surface area contributed by atoms with Gasteiger partial charge in [0.1, 0.15) is 5.92 Å². The summed E-state index contributed by atoms with van der Waals surface area (Å²) in [5, 5.41) is 0.484. The molecular formula is C15H15Cl2N4O2-. The number of hydrogen-bond donors (Lipinski definition) is 0. The average molecular weight is 354 g/mol. The smallest absolute Gasteiger partial charge is 0.350 e. The summed E-state index contributed by atoms with van der Waals surface area (Å²) < 4.78 is 1.92. The van der Waals surface area contributed by atoms with E-state index < -0.39 is 11.9 Å². The molecule has 23 heavy (non-hydrogen) atoms. The molecular weight excluding hydrogens is 339 g/mol. The molecule has 2 atom stereocenters. The zero-order chi connectivity index (χ0) is 15.7. The van der Waals surface area contributed by atoms with Crippen LogP contribution in [-0.4, -0.2) is 38.6 Å². The Bertz CT molecular complexity index is 694. The second-order valence-electron chi connectivity index (χ2n) is 5.50. The molecule has 2 aliphatic rings. The van der Waals surface area contributed by atoms with E-state index in [0.29, 0.717) is 23.8 Å². The standard InChI is InChI=1S/C15H15ClN4O2.ClH/c1-10(7-19-5-4-17-9-19)8-20-14(21)12-6-11(16)2-3-13(12)18-15(20)22;/h2-6,9-10,12H,7-8H2,1H3;1H/p-1. The molecule has 3 rings (SSSR count). The second kappa shape index (κ2) is 7.10. The van der Waals surface area contributed by atoms with Crippen LogP contribution in [0, 0.1) is 11.8 Å². The van der Waals surface area contributed by atoms with Crippen LogP contribution in [0.2, 0.25) is 0 Å². The van der Waals surface area contributed by atoms with Gasteiger partial charge in [0.25, 0.3) is 0 Å². The van der Waals surface area contributed by atoms with Gasteiger partial charge in [-0.2, -0.15) is 4.99 Å². The summed E-state index contributed by atoms with van der Waals surface area (Å²) >= 11 is 5.94. The van der Waals surface area contributed by atoms with E-state index in [1.807, 2.05) is 17.7 Å². The Labute approximate surface area is 144 Å². The van der Waals surface area contributed by atoms with Crippen molar-refractivity contribution in [2.24, 2.45) is 16.8 Å². The number of halogens is 2. The number of aromatic nitrogens is 2. The highest BCUT2D eigenvalue weighted by molar-refractivity contribution is 6.33. The summed E-state index contributed by atoms with van der Waals surface area (Å²) in [7, 11) is 0. The molecule has 0 fully saturated rings. The molecule has 0 bridgehead atoms. The molecule has 1 aromatic heterocycles. The van der Waals surface area contributed by atoms with E-state index in [1.54, 1.807) is 30.8 Å². The molecule has 0 N–H and O–H groups in total. The van der Waals surface area contributed by atoms with Crippen molar-refractivity contribution in [2.75, 3.05) is 6.54 Å². The summed E-state index contributed by atoms with van der Waals surface area (Å²) in [5.41, 5.74) is 0.456. The molecule has 6 nitrogen and oxygen atoms in total. The number of carbonyl (C=O) groups excluding carboxylic acids is 2. The van der Waals surface area contributed by atoms with E-state index in [4.69, 9.17) is 11.6 Å². The fraction of sp³-hybridized carbons (Fsp3) is 0.333. The van der Waals surface area contributed by atoms with Crippen molar-refractivity contribution in [1.29, 1.82) is 0 Å². The molecule has 122 valence electrons. The summed E-state index contributed by atoms with van der Waals surface area (Å²) in [6.07, 6.45) is 10.1. The van der Waals surface area contributed by atoms with E-state index in [9.17, 15) is 9.59 Å². The molecule has 1 aliphatic carbocycles. The SMILES string of the molecule is CC(CN1C(=O)N=C2C=CC(Cl)=CC2C1=O)Cn1ccnc1.[Cl-]. The fourth-order valence-electron chi connectivity index (χ4n) is 2.60. The van der Waals surface area contributed by atoms with Crippen LogP contribution in [0.3, 0.4) is 0 Å².